The highest BCUT2D eigenvalue weighted by Crippen LogP contribution is 2.34. The molecule has 2 rings (SSSR count). The van der Waals surface area contributed by atoms with Gasteiger partial charge in [-0.15, -0.1) is 0 Å². The number of nitrogens with one attached hydrogen (secondary N) is 1. The number of hydrazine groups is 1. The van der Waals surface area contributed by atoms with E-state index in [0.717, 1.165) is 22.5 Å². The monoisotopic (exact) mass is 246 g/mol. The Balaban J connectivity index is 2.56. The Hall–Kier alpha value is -1.51. The summed E-state index contributed by atoms with van der Waals surface area (Å²) in [5.74, 6) is 0. The second-order valence-electron chi connectivity index (χ2n) is 3.90. The molecule has 0 aromatic heterocycles. The number of allylic oxidation sites excluding steroid dienone is 3. The molecule has 0 atom stereocenters. The molecular formula is C14H15ClN2. The van der Waals surface area contributed by atoms with Crippen molar-refractivity contribution in [2.45, 2.75) is 6.92 Å². The molecule has 1 aromatic rings. The first kappa shape index (κ1) is 12.0. The summed E-state index contributed by atoms with van der Waals surface area (Å²) in [5.41, 5.74) is 7.22. The minimum Gasteiger partial charge on any atom is -0.275 e. The molecule has 0 unspecified atom stereocenters. The fourth-order valence-electron chi connectivity index (χ4n) is 1.96. The number of rotatable bonds is 2. The number of hydrogen-bond donors (Lipinski definition) is 1. The molecule has 88 valence electrons. The Labute approximate surface area is 107 Å². The molecule has 1 heterocycles. The van der Waals surface area contributed by atoms with Gasteiger partial charge in [0.1, 0.15) is 0 Å². The van der Waals surface area contributed by atoms with E-state index in [-0.39, 0.29) is 0 Å². The van der Waals surface area contributed by atoms with Crippen molar-refractivity contribution in [3.05, 3.63) is 64.9 Å². The quantitative estimate of drug-likeness (QED) is 0.859. The lowest BCUT2D eigenvalue weighted by atomic mass is 10.0. The third-order valence-corrected chi connectivity index (χ3v) is 3.08. The van der Waals surface area contributed by atoms with Crippen molar-refractivity contribution < 1.29 is 0 Å². The van der Waals surface area contributed by atoms with Gasteiger partial charge in [-0.1, -0.05) is 48.5 Å². The average molecular weight is 247 g/mol. The van der Waals surface area contributed by atoms with Crippen LogP contribution < -0.4 is 5.43 Å². The molecule has 1 aliphatic heterocycles. The first-order chi connectivity index (χ1) is 8.15. The van der Waals surface area contributed by atoms with Crippen LogP contribution in [0.15, 0.2) is 59.3 Å². The normalized spacial score (nSPS) is 16.3. The fraction of sp³-hybridized carbons (Fsp3) is 0.143. The van der Waals surface area contributed by atoms with E-state index < -0.39 is 0 Å². The smallest absolute Gasteiger partial charge is 0.0692 e. The van der Waals surface area contributed by atoms with Crippen molar-refractivity contribution in [1.29, 1.82) is 0 Å². The molecule has 0 amide bonds. The third kappa shape index (κ3) is 2.14. The number of benzene rings is 1. The third-order valence-electron chi connectivity index (χ3n) is 2.76. The Morgan fingerprint density at radius 2 is 1.88 bits per heavy atom. The summed E-state index contributed by atoms with van der Waals surface area (Å²) in [7, 11) is 1.86. The highest BCUT2D eigenvalue weighted by atomic mass is 35.5. The van der Waals surface area contributed by atoms with Gasteiger partial charge in [-0.3, -0.25) is 5.01 Å². The molecule has 0 saturated carbocycles. The molecule has 0 aliphatic carbocycles. The van der Waals surface area contributed by atoms with E-state index in [1.807, 2.05) is 43.3 Å². The summed E-state index contributed by atoms with van der Waals surface area (Å²) in [6.07, 6.45) is 1.94. The van der Waals surface area contributed by atoms with Gasteiger partial charge in [-0.05, 0) is 24.1 Å². The predicted molar refractivity (Wildman–Crippen MR) is 73.0 cm³/mol. The minimum atomic E-state index is 0.663. The molecular weight excluding hydrogens is 232 g/mol. The van der Waals surface area contributed by atoms with Gasteiger partial charge < -0.3 is 0 Å². The van der Waals surface area contributed by atoms with Gasteiger partial charge in [0.2, 0.25) is 0 Å². The Bertz CT molecular complexity index is 500. The van der Waals surface area contributed by atoms with Crippen molar-refractivity contribution in [3.63, 3.8) is 0 Å². The number of hydrogen-bond acceptors (Lipinski definition) is 2. The van der Waals surface area contributed by atoms with E-state index in [9.17, 15) is 0 Å². The van der Waals surface area contributed by atoms with Crippen molar-refractivity contribution in [3.8, 4) is 0 Å². The van der Waals surface area contributed by atoms with Crippen LogP contribution in [0.5, 0.6) is 0 Å². The average Bonchev–Trinajstić information content (AvgIpc) is 2.34. The lowest BCUT2D eigenvalue weighted by molar-refractivity contribution is 0.402. The van der Waals surface area contributed by atoms with Crippen LogP contribution in [0, 0.1) is 0 Å². The topological polar surface area (TPSA) is 15.3 Å². The second kappa shape index (κ2) is 4.78. The van der Waals surface area contributed by atoms with Crippen LogP contribution in [0.2, 0.25) is 0 Å². The summed E-state index contributed by atoms with van der Waals surface area (Å²) in [4.78, 5) is 0. The van der Waals surface area contributed by atoms with Crippen molar-refractivity contribution in [2.24, 2.45) is 0 Å². The molecule has 3 heteroatoms. The Morgan fingerprint density at radius 3 is 2.47 bits per heavy atom. The molecule has 0 fully saturated rings. The Kier molecular flexibility index (Phi) is 3.36. The summed E-state index contributed by atoms with van der Waals surface area (Å²) in [6.45, 7) is 6.03. The van der Waals surface area contributed by atoms with Crippen LogP contribution in [0.1, 0.15) is 12.5 Å². The Morgan fingerprint density at radius 1 is 1.24 bits per heavy atom. The summed E-state index contributed by atoms with van der Waals surface area (Å²) in [5, 5.41) is 2.57. The van der Waals surface area contributed by atoms with Gasteiger partial charge >= 0.3 is 0 Å². The molecule has 0 saturated heterocycles. The number of nitrogens with zero attached hydrogens (tertiary/aromatic N) is 1. The number of halogens is 1. The van der Waals surface area contributed by atoms with E-state index in [1.54, 1.807) is 0 Å². The summed E-state index contributed by atoms with van der Waals surface area (Å²) >= 11 is 6.13. The first-order valence-corrected chi connectivity index (χ1v) is 5.83. The van der Waals surface area contributed by atoms with Crippen LogP contribution in [0.4, 0.5) is 0 Å². The molecule has 17 heavy (non-hydrogen) atoms. The van der Waals surface area contributed by atoms with Crippen LogP contribution in [0.3, 0.4) is 0 Å². The highest BCUT2D eigenvalue weighted by Gasteiger charge is 2.21. The lowest BCUT2D eigenvalue weighted by Crippen LogP contribution is -2.34. The van der Waals surface area contributed by atoms with Crippen molar-refractivity contribution in [1.82, 2.24) is 10.4 Å². The summed E-state index contributed by atoms with van der Waals surface area (Å²) < 4.78 is 0. The van der Waals surface area contributed by atoms with Gasteiger partial charge in [0.15, 0.2) is 0 Å². The van der Waals surface area contributed by atoms with E-state index in [0.29, 0.717) is 5.03 Å². The summed E-state index contributed by atoms with van der Waals surface area (Å²) in [6, 6.07) is 10.2. The van der Waals surface area contributed by atoms with Gasteiger partial charge in [-0.25, -0.2) is 5.43 Å². The van der Waals surface area contributed by atoms with Gasteiger partial charge in [0.05, 0.1) is 16.4 Å². The van der Waals surface area contributed by atoms with Gasteiger partial charge in [0, 0.05) is 7.05 Å². The minimum absolute atomic E-state index is 0.663. The maximum Gasteiger partial charge on any atom is 0.0692 e. The van der Waals surface area contributed by atoms with Crippen LogP contribution in [-0.2, 0) is 0 Å². The van der Waals surface area contributed by atoms with Crippen molar-refractivity contribution >= 4 is 17.3 Å². The van der Waals surface area contributed by atoms with E-state index in [1.165, 1.54) is 0 Å². The molecule has 0 radical (unpaired) electrons. The zero-order chi connectivity index (χ0) is 12.4. The zero-order valence-electron chi connectivity index (χ0n) is 10.00. The predicted octanol–water partition coefficient (Wildman–Crippen LogP) is 3.50. The highest BCUT2D eigenvalue weighted by molar-refractivity contribution is 6.32. The maximum atomic E-state index is 6.13. The molecule has 0 spiro atoms. The van der Waals surface area contributed by atoms with Crippen LogP contribution in [-0.4, -0.2) is 12.1 Å². The maximum absolute atomic E-state index is 6.13. The molecule has 1 aromatic carbocycles. The van der Waals surface area contributed by atoms with Gasteiger partial charge in [0.25, 0.3) is 0 Å². The SMILES string of the molecule is C=C1C(Cl)=CC(C)=C(c2ccccc2)N1NC. The zero-order valence-corrected chi connectivity index (χ0v) is 10.8. The molecule has 1 N–H and O–H groups in total. The molecule has 1 aliphatic rings. The second-order valence-corrected chi connectivity index (χ2v) is 4.30. The largest absolute Gasteiger partial charge is 0.275 e. The first-order valence-electron chi connectivity index (χ1n) is 5.45. The van der Waals surface area contributed by atoms with Gasteiger partial charge in [-0.2, -0.15) is 0 Å². The van der Waals surface area contributed by atoms with Crippen LogP contribution in [0.25, 0.3) is 5.70 Å². The van der Waals surface area contributed by atoms with Crippen LogP contribution >= 0.6 is 11.6 Å². The molecule has 0 bridgehead atoms. The van der Waals surface area contributed by atoms with E-state index in [4.69, 9.17) is 11.6 Å². The fourth-order valence-corrected chi connectivity index (χ4v) is 2.21. The molecule has 2 nitrogen and oxygen atoms in total. The van der Waals surface area contributed by atoms with E-state index in [2.05, 4.69) is 24.1 Å². The lowest BCUT2D eigenvalue weighted by Gasteiger charge is -2.32. The standard InChI is InChI=1S/C14H15ClN2/c1-10-9-13(15)11(2)17(16-3)14(10)12-7-5-4-6-8-12/h4-9,16H,2H2,1,3H3. The van der Waals surface area contributed by atoms with Crippen molar-refractivity contribution in [2.75, 3.05) is 7.05 Å². The van der Waals surface area contributed by atoms with E-state index >= 15 is 0 Å².